The average molecular weight is 217 g/mol. The molecule has 0 aromatic carbocycles. The lowest BCUT2D eigenvalue weighted by Gasteiger charge is -2.23. The fraction of sp³-hybridized carbons (Fsp3) is 1.00. The Morgan fingerprint density at radius 1 is 1.53 bits per heavy atom. The third-order valence-corrected chi connectivity index (χ3v) is 3.23. The number of aliphatic hydroxyl groups is 1. The van der Waals surface area contributed by atoms with Gasteiger partial charge >= 0.3 is 0 Å². The predicted octanol–water partition coefficient (Wildman–Crippen LogP) is 0.397. The molecule has 1 aliphatic heterocycles. The van der Waals surface area contributed by atoms with E-state index in [0.717, 1.165) is 13.0 Å². The van der Waals surface area contributed by atoms with Crippen molar-refractivity contribution in [1.29, 1.82) is 0 Å². The zero-order valence-corrected chi connectivity index (χ0v) is 9.90. The SMILES string of the molecule is COC(C)C(C)NCC(O)C1CCOC1. The van der Waals surface area contributed by atoms with Crippen LogP contribution in [-0.2, 0) is 9.47 Å². The van der Waals surface area contributed by atoms with Crippen LogP contribution < -0.4 is 5.32 Å². The normalized spacial score (nSPS) is 27.6. The van der Waals surface area contributed by atoms with Crippen LogP contribution in [0.3, 0.4) is 0 Å². The monoisotopic (exact) mass is 217 g/mol. The van der Waals surface area contributed by atoms with E-state index in [4.69, 9.17) is 9.47 Å². The number of hydrogen-bond donors (Lipinski definition) is 2. The Bertz CT molecular complexity index is 171. The molecule has 0 bridgehead atoms. The van der Waals surface area contributed by atoms with Crippen molar-refractivity contribution in [2.24, 2.45) is 5.92 Å². The van der Waals surface area contributed by atoms with Gasteiger partial charge in [-0.3, -0.25) is 0 Å². The summed E-state index contributed by atoms with van der Waals surface area (Å²) in [7, 11) is 1.70. The van der Waals surface area contributed by atoms with E-state index in [1.54, 1.807) is 7.11 Å². The predicted molar refractivity (Wildman–Crippen MR) is 58.9 cm³/mol. The van der Waals surface area contributed by atoms with Gasteiger partial charge in [0.05, 0.1) is 18.8 Å². The molecular formula is C11H23NO3. The van der Waals surface area contributed by atoms with E-state index in [9.17, 15) is 5.11 Å². The van der Waals surface area contributed by atoms with Gasteiger partial charge in [0.15, 0.2) is 0 Å². The molecule has 90 valence electrons. The fourth-order valence-corrected chi connectivity index (χ4v) is 1.70. The molecule has 4 nitrogen and oxygen atoms in total. The van der Waals surface area contributed by atoms with Gasteiger partial charge in [-0.15, -0.1) is 0 Å². The molecule has 1 aliphatic rings. The number of aliphatic hydroxyl groups excluding tert-OH is 1. The Morgan fingerprint density at radius 2 is 2.27 bits per heavy atom. The lowest BCUT2D eigenvalue weighted by molar-refractivity contribution is 0.0642. The summed E-state index contributed by atoms with van der Waals surface area (Å²) in [5.74, 6) is 0.294. The number of nitrogens with one attached hydrogen (secondary N) is 1. The van der Waals surface area contributed by atoms with Gasteiger partial charge in [0.1, 0.15) is 0 Å². The topological polar surface area (TPSA) is 50.7 Å². The molecule has 0 spiro atoms. The van der Waals surface area contributed by atoms with Crippen LogP contribution in [0.2, 0.25) is 0 Å². The van der Waals surface area contributed by atoms with Crippen molar-refractivity contribution in [3.05, 3.63) is 0 Å². The molecule has 0 aromatic heterocycles. The van der Waals surface area contributed by atoms with E-state index in [1.807, 2.05) is 6.92 Å². The van der Waals surface area contributed by atoms with Crippen LogP contribution in [0.4, 0.5) is 0 Å². The molecule has 1 fully saturated rings. The summed E-state index contributed by atoms with van der Waals surface area (Å²) >= 11 is 0. The zero-order chi connectivity index (χ0) is 11.3. The summed E-state index contributed by atoms with van der Waals surface area (Å²) in [5, 5.41) is 13.1. The highest BCUT2D eigenvalue weighted by molar-refractivity contribution is 4.77. The van der Waals surface area contributed by atoms with Gasteiger partial charge in [0.25, 0.3) is 0 Å². The maximum absolute atomic E-state index is 9.87. The van der Waals surface area contributed by atoms with Crippen LogP contribution >= 0.6 is 0 Å². The molecule has 4 atom stereocenters. The van der Waals surface area contributed by atoms with E-state index in [1.165, 1.54) is 0 Å². The first kappa shape index (κ1) is 12.9. The van der Waals surface area contributed by atoms with Crippen LogP contribution in [0.15, 0.2) is 0 Å². The van der Waals surface area contributed by atoms with Crippen LogP contribution in [0.1, 0.15) is 20.3 Å². The molecular weight excluding hydrogens is 194 g/mol. The second-order valence-electron chi connectivity index (χ2n) is 4.33. The molecule has 15 heavy (non-hydrogen) atoms. The number of hydrogen-bond acceptors (Lipinski definition) is 4. The molecule has 2 N–H and O–H groups in total. The quantitative estimate of drug-likeness (QED) is 0.676. The summed E-state index contributed by atoms with van der Waals surface area (Å²) in [6.07, 6.45) is 0.827. The maximum atomic E-state index is 9.87. The van der Waals surface area contributed by atoms with E-state index >= 15 is 0 Å². The number of methoxy groups -OCH3 is 1. The summed E-state index contributed by atoms with van der Waals surface area (Å²) in [6.45, 7) is 6.17. The Balaban J connectivity index is 2.17. The molecule has 0 amide bonds. The second kappa shape index (κ2) is 6.43. The smallest absolute Gasteiger partial charge is 0.0715 e. The molecule has 0 aromatic rings. The largest absolute Gasteiger partial charge is 0.391 e. The first-order chi connectivity index (χ1) is 7.15. The molecule has 0 saturated carbocycles. The van der Waals surface area contributed by atoms with Crippen LogP contribution in [0, 0.1) is 5.92 Å². The third kappa shape index (κ3) is 4.07. The van der Waals surface area contributed by atoms with Crippen molar-refractivity contribution in [3.63, 3.8) is 0 Å². The van der Waals surface area contributed by atoms with Crippen molar-refractivity contribution < 1.29 is 14.6 Å². The van der Waals surface area contributed by atoms with Crippen LogP contribution in [0.25, 0.3) is 0 Å². The zero-order valence-electron chi connectivity index (χ0n) is 9.90. The Morgan fingerprint density at radius 3 is 2.80 bits per heavy atom. The molecule has 1 heterocycles. The van der Waals surface area contributed by atoms with Gasteiger partial charge in [0, 0.05) is 32.2 Å². The number of ether oxygens (including phenoxy) is 2. The van der Waals surface area contributed by atoms with Crippen molar-refractivity contribution >= 4 is 0 Å². The van der Waals surface area contributed by atoms with Gasteiger partial charge in [-0.1, -0.05) is 0 Å². The highest BCUT2D eigenvalue weighted by Crippen LogP contribution is 2.16. The number of rotatable bonds is 6. The molecule has 4 unspecified atom stereocenters. The third-order valence-electron chi connectivity index (χ3n) is 3.23. The minimum absolute atomic E-state index is 0.164. The summed E-state index contributed by atoms with van der Waals surface area (Å²) in [6, 6.07) is 0.256. The van der Waals surface area contributed by atoms with Crippen LogP contribution in [-0.4, -0.2) is 50.2 Å². The standard InChI is InChI=1S/C11H23NO3/c1-8(9(2)14-3)12-6-11(13)10-4-5-15-7-10/h8-13H,4-7H2,1-3H3. The fourth-order valence-electron chi connectivity index (χ4n) is 1.70. The van der Waals surface area contributed by atoms with Gasteiger partial charge in [0.2, 0.25) is 0 Å². The Labute approximate surface area is 92.0 Å². The van der Waals surface area contributed by atoms with E-state index < -0.39 is 0 Å². The molecule has 0 radical (unpaired) electrons. The van der Waals surface area contributed by atoms with Gasteiger partial charge < -0.3 is 19.9 Å². The van der Waals surface area contributed by atoms with Gasteiger partial charge in [-0.2, -0.15) is 0 Å². The molecule has 4 heteroatoms. The minimum atomic E-state index is -0.306. The highest BCUT2D eigenvalue weighted by atomic mass is 16.5. The first-order valence-electron chi connectivity index (χ1n) is 5.67. The van der Waals surface area contributed by atoms with E-state index in [-0.39, 0.29) is 18.2 Å². The first-order valence-corrected chi connectivity index (χ1v) is 5.67. The van der Waals surface area contributed by atoms with Crippen LogP contribution in [0.5, 0.6) is 0 Å². The van der Waals surface area contributed by atoms with Crippen molar-refractivity contribution in [2.75, 3.05) is 26.9 Å². The highest BCUT2D eigenvalue weighted by Gasteiger charge is 2.24. The van der Waals surface area contributed by atoms with E-state index in [0.29, 0.717) is 19.1 Å². The Hall–Kier alpha value is -0.160. The van der Waals surface area contributed by atoms with Crippen molar-refractivity contribution in [3.8, 4) is 0 Å². The van der Waals surface area contributed by atoms with Crippen molar-refractivity contribution in [2.45, 2.75) is 38.5 Å². The maximum Gasteiger partial charge on any atom is 0.0715 e. The summed E-state index contributed by atoms with van der Waals surface area (Å²) in [4.78, 5) is 0. The average Bonchev–Trinajstić information content (AvgIpc) is 2.77. The van der Waals surface area contributed by atoms with Crippen molar-refractivity contribution in [1.82, 2.24) is 5.32 Å². The Kier molecular flexibility index (Phi) is 5.53. The molecule has 1 saturated heterocycles. The second-order valence-corrected chi connectivity index (χ2v) is 4.33. The summed E-state index contributed by atoms with van der Waals surface area (Å²) < 4.78 is 10.4. The van der Waals surface area contributed by atoms with Gasteiger partial charge in [-0.05, 0) is 20.3 Å². The van der Waals surface area contributed by atoms with Gasteiger partial charge in [-0.25, -0.2) is 0 Å². The lowest BCUT2D eigenvalue weighted by atomic mass is 10.0. The lowest BCUT2D eigenvalue weighted by Crippen LogP contribution is -2.42. The minimum Gasteiger partial charge on any atom is -0.391 e. The molecule has 0 aliphatic carbocycles. The van der Waals surface area contributed by atoms with E-state index in [2.05, 4.69) is 12.2 Å². The summed E-state index contributed by atoms with van der Waals surface area (Å²) in [5.41, 5.74) is 0. The molecule has 1 rings (SSSR count).